The van der Waals surface area contributed by atoms with E-state index in [0.717, 1.165) is 35.3 Å². The summed E-state index contributed by atoms with van der Waals surface area (Å²) in [5, 5.41) is 0. The van der Waals surface area contributed by atoms with E-state index in [1.54, 1.807) is 7.05 Å². The van der Waals surface area contributed by atoms with Gasteiger partial charge in [0.15, 0.2) is 11.2 Å². The lowest BCUT2D eigenvalue weighted by molar-refractivity contribution is 0.458. The molecule has 0 saturated heterocycles. The van der Waals surface area contributed by atoms with Gasteiger partial charge < -0.3 is 9.47 Å². The lowest BCUT2D eigenvalue weighted by atomic mass is 10.1. The standard InChI is InChI=1S/C27H31N5O2/c1-6-20-9-11-22(12-10-20)30-14-18(3)15-31-23-24(28-26(30)31)29(5)27(34)32(25(23)33)16-21-13-17(2)7-8-19(21)4/h7-13,18H,6,14-16H2,1-5H3/t18-/m1/s1. The van der Waals surface area contributed by atoms with Crippen molar-refractivity contribution in [1.82, 2.24) is 18.7 Å². The van der Waals surface area contributed by atoms with Crippen molar-refractivity contribution in [2.45, 2.75) is 47.2 Å². The minimum atomic E-state index is -0.347. The van der Waals surface area contributed by atoms with Crippen LogP contribution >= 0.6 is 0 Å². The molecule has 3 heterocycles. The van der Waals surface area contributed by atoms with Crippen molar-refractivity contribution in [3.05, 3.63) is 85.6 Å². The van der Waals surface area contributed by atoms with E-state index in [2.05, 4.69) is 43.0 Å². The number of hydrogen-bond acceptors (Lipinski definition) is 4. The van der Waals surface area contributed by atoms with Crippen LogP contribution in [0.15, 0.2) is 52.1 Å². The maximum atomic E-state index is 13.7. The van der Waals surface area contributed by atoms with Gasteiger partial charge in [-0.1, -0.05) is 49.7 Å². The molecule has 0 unspecified atom stereocenters. The summed E-state index contributed by atoms with van der Waals surface area (Å²) >= 11 is 0. The fourth-order valence-electron chi connectivity index (χ4n) is 4.91. The number of aromatic nitrogens is 4. The summed E-state index contributed by atoms with van der Waals surface area (Å²) in [7, 11) is 1.70. The summed E-state index contributed by atoms with van der Waals surface area (Å²) in [4.78, 5) is 34.0. The van der Waals surface area contributed by atoms with E-state index >= 15 is 0 Å². The van der Waals surface area contributed by atoms with Crippen LogP contribution in [-0.2, 0) is 26.6 Å². The maximum absolute atomic E-state index is 13.7. The first-order valence-corrected chi connectivity index (χ1v) is 11.9. The second-order valence-corrected chi connectivity index (χ2v) is 9.59. The summed E-state index contributed by atoms with van der Waals surface area (Å²) in [5.74, 6) is 1.04. The van der Waals surface area contributed by atoms with E-state index in [1.807, 2.05) is 36.6 Å². The van der Waals surface area contributed by atoms with Crippen LogP contribution in [0, 0.1) is 19.8 Å². The Labute approximate surface area is 198 Å². The molecule has 176 valence electrons. The lowest BCUT2D eigenvalue weighted by Crippen LogP contribution is -2.40. The molecule has 2 aromatic heterocycles. The van der Waals surface area contributed by atoms with Gasteiger partial charge in [-0.15, -0.1) is 0 Å². The highest BCUT2D eigenvalue weighted by Crippen LogP contribution is 2.33. The summed E-state index contributed by atoms with van der Waals surface area (Å²) < 4.78 is 4.85. The first kappa shape index (κ1) is 22.2. The van der Waals surface area contributed by atoms with Gasteiger partial charge in [0.2, 0.25) is 5.95 Å². The van der Waals surface area contributed by atoms with Gasteiger partial charge in [0.1, 0.15) is 0 Å². The zero-order valence-electron chi connectivity index (χ0n) is 20.5. The summed E-state index contributed by atoms with van der Waals surface area (Å²) in [6.07, 6.45) is 0.983. The molecular weight excluding hydrogens is 426 g/mol. The Morgan fingerprint density at radius 3 is 2.47 bits per heavy atom. The van der Waals surface area contributed by atoms with E-state index in [1.165, 1.54) is 14.7 Å². The van der Waals surface area contributed by atoms with Gasteiger partial charge in [-0.05, 0) is 55.0 Å². The van der Waals surface area contributed by atoms with Crippen LogP contribution in [0.5, 0.6) is 0 Å². The Balaban J connectivity index is 1.70. The van der Waals surface area contributed by atoms with Gasteiger partial charge >= 0.3 is 5.69 Å². The van der Waals surface area contributed by atoms with Gasteiger partial charge in [-0.25, -0.2) is 4.79 Å². The maximum Gasteiger partial charge on any atom is 0.332 e. The SMILES string of the molecule is CCc1ccc(N2C[C@@H](C)Cn3c2nc2c3c(=O)n(Cc3cc(C)ccc3C)c(=O)n2C)cc1. The van der Waals surface area contributed by atoms with Crippen molar-refractivity contribution in [2.75, 3.05) is 11.4 Å². The smallest absolute Gasteiger partial charge is 0.312 e. The predicted octanol–water partition coefficient (Wildman–Crippen LogP) is 3.91. The molecule has 1 atom stereocenters. The zero-order chi connectivity index (χ0) is 24.1. The summed E-state index contributed by atoms with van der Waals surface area (Å²) in [6, 6.07) is 14.6. The molecule has 0 aliphatic carbocycles. The van der Waals surface area contributed by atoms with Gasteiger partial charge in [0, 0.05) is 25.8 Å². The normalized spacial score (nSPS) is 15.7. The number of imidazole rings is 1. The first-order chi connectivity index (χ1) is 16.3. The number of nitrogens with zero attached hydrogens (tertiary/aromatic N) is 5. The fourth-order valence-corrected chi connectivity index (χ4v) is 4.91. The third-order valence-corrected chi connectivity index (χ3v) is 6.93. The highest BCUT2D eigenvalue weighted by molar-refractivity contribution is 5.77. The third-order valence-electron chi connectivity index (χ3n) is 6.93. The van der Waals surface area contributed by atoms with Crippen LogP contribution in [-0.4, -0.2) is 25.2 Å². The lowest BCUT2D eigenvalue weighted by Gasteiger charge is -2.33. The molecule has 1 aliphatic heterocycles. The molecule has 0 amide bonds. The highest BCUT2D eigenvalue weighted by atomic mass is 16.2. The molecule has 5 rings (SSSR count). The Hall–Kier alpha value is -3.61. The predicted molar refractivity (Wildman–Crippen MR) is 136 cm³/mol. The van der Waals surface area contributed by atoms with Crippen LogP contribution in [0.25, 0.3) is 11.2 Å². The van der Waals surface area contributed by atoms with Crippen molar-refractivity contribution < 1.29 is 0 Å². The topological polar surface area (TPSA) is 65.1 Å². The van der Waals surface area contributed by atoms with Crippen LogP contribution < -0.4 is 16.1 Å². The molecule has 0 fully saturated rings. The van der Waals surface area contributed by atoms with Crippen LogP contribution in [0.1, 0.15) is 36.1 Å². The molecule has 7 nitrogen and oxygen atoms in total. The van der Waals surface area contributed by atoms with E-state index in [9.17, 15) is 9.59 Å². The number of aryl methyl sites for hydroxylation is 4. The minimum absolute atomic E-state index is 0.243. The number of benzene rings is 2. The number of anilines is 2. The Morgan fingerprint density at radius 1 is 1.03 bits per heavy atom. The van der Waals surface area contributed by atoms with Crippen molar-refractivity contribution in [2.24, 2.45) is 13.0 Å². The van der Waals surface area contributed by atoms with Crippen molar-refractivity contribution in [1.29, 1.82) is 0 Å². The quantitative estimate of drug-likeness (QED) is 0.466. The molecule has 0 bridgehead atoms. The summed E-state index contributed by atoms with van der Waals surface area (Å²) in [5.41, 5.74) is 5.75. The monoisotopic (exact) mass is 457 g/mol. The van der Waals surface area contributed by atoms with E-state index < -0.39 is 0 Å². The molecule has 7 heteroatoms. The largest absolute Gasteiger partial charge is 0.332 e. The van der Waals surface area contributed by atoms with Gasteiger partial charge in [0.25, 0.3) is 5.56 Å². The van der Waals surface area contributed by atoms with Crippen LogP contribution in [0.2, 0.25) is 0 Å². The summed E-state index contributed by atoms with van der Waals surface area (Å²) in [6.45, 7) is 10.1. The molecule has 34 heavy (non-hydrogen) atoms. The van der Waals surface area contributed by atoms with Crippen LogP contribution in [0.3, 0.4) is 0 Å². The number of fused-ring (bicyclic) bond motifs is 3. The second kappa shape index (κ2) is 8.31. The molecule has 0 spiro atoms. The second-order valence-electron chi connectivity index (χ2n) is 9.59. The number of hydrogen-bond donors (Lipinski definition) is 0. The zero-order valence-corrected chi connectivity index (χ0v) is 20.5. The van der Waals surface area contributed by atoms with Gasteiger partial charge in [0.05, 0.1) is 6.54 Å². The molecule has 0 N–H and O–H groups in total. The van der Waals surface area contributed by atoms with Crippen molar-refractivity contribution in [3.63, 3.8) is 0 Å². The molecular formula is C27H31N5O2. The van der Waals surface area contributed by atoms with Crippen molar-refractivity contribution >= 4 is 22.8 Å². The van der Waals surface area contributed by atoms with Gasteiger partial charge in [-0.2, -0.15) is 4.98 Å². The first-order valence-electron chi connectivity index (χ1n) is 11.9. The Kier molecular flexibility index (Phi) is 5.42. The average molecular weight is 458 g/mol. The van der Waals surface area contributed by atoms with E-state index in [-0.39, 0.29) is 17.8 Å². The highest BCUT2D eigenvalue weighted by Gasteiger charge is 2.30. The van der Waals surface area contributed by atoms with E-state index in [0.29, 0.717) is 29.6 Å². The van der Waals surface area contributed by atoms with Crippen molar-refractivity contribution in [3.8, 4) is 0 Å². The molecule has 0 radical (unpaired) electrons. The Bertz CT molecular complexity index is 1510. The van der Waals surface area contributed by atoms with E-state index in [4.69, 9.17) is 4.98 Å². The molecule has 0 saturated carbocycles. The van der Waals surface area contributed by atoms with Gasteiger partial charge in [-0.3, -0.25) is 13.9 Å². The fraction of sp³-hybridized carbons (Fsp3) is 0.370. The minimum Gasteiger partial charge on any atom is -0.312 e. The molecule has 2 aromatic carbocycles. The molecule has 4 aromatic rings. The number of rotatable bonds is 4. The molecule has 1 aliphatic rings. The third kappa shape index (κ3) is 3.56. The Morgan fingerprint density at radius 2 is 1.76 bits per heavy atom. The average Bonchev–Trinajstić information content (AvgIpc) is 3.21. The van der Waals surface area contributed by atoms with Crippen LogP contribution in [0.4, 0.5) is 11.6 Å².